The quantitative estimate of drug-likeness (QED) is 0.836. The fraction of sp³-hybridized carbons (Fsp3) is 0.562. The Morgan fingerprint density at radius 3 is 2.59 bits per heavy atom. The van der Waals surface area contributed by atoms with E-state index in [-0.39, 0.29) is 11.5 Å². The molecule has 0 bridgehead atoms. The number of carbonyl (C=O) groups is 1. The number of aryl methyl sites for hydroxylation is 1. The van der Waals surface area contributed by atoms with E-state index in [0.29, 0.717) is 43.7 Å². The van der Waals surface area contributed by atoms with Gasteiger partial charge in [-0.25, -0.2) is 12.7 Å². The van der Waals surface area contributed by atoms with Crippen LogP contribution in [0, 0.1) is 6.92 Å². The maximum Gasteiger partial charge on any atom is 0.213 e. The van der Waals surface area contributed by atoms with Gasteiger partial charge in [0.15, 0.2) is 5.78 Å². The fourth-order valence-corrected chi connectivity index (χ4v) is 4.35. The number of fused-ring (bicyclic) bond motifs is 1. The van der Waals surface area contributed by atoms with Gasteiger partial charge >= 0.3 is 0 Å². The summed E-state index contributed by atoms with van der Waals surface area (Å²) in [5.74, 6) is 0.840. The zero-order valence-electron chi connectivity index (χ0n) is 13.0. The number of Topliss-reactive ketones (excluding diaryl/α,β-unsaturated/α-hetero) is 1. The molecule has 1 spiro atoms. The molecular weight excluding hydrogens is 302 g/mol. The first-order valence-electron chi connectivity index (χ1n) is 7.66. The SMILES string of the molecule is CCS(=O)(=O)N1CCC2(CC1)CC(=O)c1cc(C)ccc1O2. The molecule has 6 heteroatoms. The zero-order valence-corrected chi connectivity index (χ0v) is 13.8. The number of carbonyl (C=O) groups excluding carboxylic acids is 1. The Labute approximate surface area is 131 Å². The number of nitrogens with zero attached hydrogens (tertiary/aromatic N) is 1. The molecule has 120 valence electrons. The minimum absolute atomic E-state index is 0.0942. The predicted octanol–water partition coefficient (Wildman–Crippen LogP) is 2.14. The predicted molar refractivity (Wildman–Crippen MR) is 83.8 cm³/mol. The third kappa shape index (κ3) is 2.65. The highest BCUT2D eigenvalue weighted by Crippen LogP contribution is 2.39. The first-order valence-corrected chi connectivity index (χ1v) is 9.27. The molecule has 22 heavy (non-hydrogen) atoms. The fourth-order valence-electron chi connectivity index (χ4n) is 3.24. The number of hydrogen-bond donors (Lipinski definition) is 0. The summed E-state index contributed by atoms with van der Waals surface area (Å²) >= 11 is 0. The van der Waals surface area contributed by atoms with Crippen molar-refractivity contribution in [2.45, 2.75) is 38.7 Å². The number of benzene rings is 1. The number of hydrogen-bond acceptors (Lipinski definition) is 4. The van der Waals surface area contributed by atoms with Crippen molar-refractivity contribution in [3.05, 3.63) is 29.3 Å². The first-order chi connectivity index (χ1) is 10.4. The van der Waals surface area contributed by atoms with Crippen LogP contribution in [0.5, 0.6) is 5.75 Å². The molecule has 0 aromatic heterocycles. The Hall–Kier alpha value is -1.40. The molecule has 2 heterocycles. The van der Waals surface area contributed by atoms with E-state index in [4.69, 9.17) is 4.74 Å². The molecule has 0 amide bonds. The molecule has 1 saturated heterocycles. The molecule has 0 N–H and O–H groups in total. The van der Waals surface area contributed by atoms with Gasteiger partial charge in [-0.05, 0) is 26.0 Å². The van der Waals surface area contributed by atoms with Crippen molar-refractivity contribution in [3.63, 3.8) is 0 Å². The Balaban J connectivity index is 1.81. The van der Waals surface area contributed by atoms with Gasteiger partial charge in [-0.2, -0.15) is 0 Å². The molecule has 0 radical (unpaired) electrons. The highest BCUT2D eigenvalue weighted by molar-refractivity contribution is 7.89. The molecule has 5 nitrogen and oxygen atoms in total. The second-order valence-corrected chi connectivity index (χ2v) is 8.44. The molecule has 0 saturated carbocycles. The van der Waals surface area contributed by atoms with Crippen LogP contribution >= 0.6 is 0 Å². The van der Waals surface area contributed by atoms with Crippen molar-refractivity contribution in [3.8, 4) is 5.75 Å². The summed E-state index contributed by atoms with van der Waals surface area (Å²) in [7, 11) is -3.16. The highest BCUT2D eigenvalue weighted by atomic mass is 32.2. The van der Waals surface area contributed by atoms with Crippen LogP contribution in [0.15, 0.2) is 18.2 Å². The van der Waals surface area contributed by atoms with Crippen LogP contribution in [-0.4, -0.2) is 42.9 Å². The van der Waals surface area contributed by atoms with Crippen molar-refractivity contribution in [1.82, 2.24) is 4.31 Å². The van der Waals surface area contributed by atoms with E-state index in [1.807, 2.05) is 25.1 Å². The Bertz CT molecular complexity index is 703. The van der Waals surface area contributed by atoms with E-state index in [1.54, 1.807) is 6.92 Å². The number of ketones is 1. The third-order valence-electron chi connectivity index (χ3n) is 4.64. The van der Waals surface area contributed by atoms with E-state index in [1.165, 1.54) is 4.31 Å². The van der Waals surface area contributed by atoms with E-state index in [2.05, 4.69) is 0 Å². The van der Waals surface area contributed by atoms with Gasteiger partial charge in [0.2, 0.25) is 10.0 Å². The van der Waals surface area contributed by atoms with Crippen LogP contribution < -0.4 is 4.74 Å². The smallest absolute Gasteiger partial charge is 0.213 e. The van der Waals surface area contributed by atoms with E-state index >= 15 is 0 Å². The largest absolute Gasteiger partial charge is 0.486 e. The third-order valence-corrected chi connectivity index (χ3v) is 6.52. The molecular formula is C16H21NO4S. The Kier molecular flexibility index (Phi) is 3.77. The van der Waals surface area contributed by atoms with Gasteiger partial charge in [-0.15, -0.1) is 0 Å². The average Bonchev–Trinajstić information content (AvgIpc) is 2.49. The summed E-state index contributed by atoms with van der Waals surface area (Å²) in [5.41, 5.74) is 1.14. The molecule has 2 aliphatic rings. The lowest BCUT2D eigenvalue weighted by atomic mass is 9.83. The van der Waals surface area contributed by atoms with Gasteiger partial charge < -0.3 is 4.74 Å². The summed E-state index contributed by atoms with van der Waals surface area (Å²) in [6, 6.07) is 5.64. The zero-order chi connectivity index (χ0) is 16.0. The van der Waals surface area contributed by atoms with Crippen molar-refractivity contribution in [2.75, 3.05) is 18.8 Å². The summed E-state index contributed by atoms with van der Waals surface area (Å²) in [4.78, 5) is 12.4. The molecule has 1 aromatic carbocycles. The summed E-state index contributed by atoms with van der Waals surface area (Å²) < 4.78 is 31.5. The van der Waals surface area contributed by atoms with Gasteiger partial charge in [0, 0.05) is 25.9 Å². The van der Waals surface area contributed by atoms with Crippen LogP contribution in [-0.2, 0) is 10.0 Å². The minimum atomic E-state index is -3.16. The Morgan fingerprint density at radius 2 is 1.95 bits per heavy atom. The van der Waals surface area contributed by atoms with Gasteiger partial charge in [0.05, 0.1) is 17.7 Å². The van der Waals surface area contributed by atoms with Gasteiger partial charge in [-0.3, -0.25) is 4.79 Å². The van der Waals surface area contributed by atoms with Crippen LogP contribution in [0.4, 0.5) is 0 Å². The monoisotopic (exact) mass is 323 g/mol. The molecule has 0 aliphatic carbocycles. The molecule has 3 rings (SSSR count). The number of sulfonamides is 1. The highest BCUT2D eigenvalue weighted by Gasteiger charge is 2.44. The molecule has 1 aromatic rings. The normalized spacial score (nSPS) is 21.5. The van der Waals surface area contributed by atoms with E-state index in [0.717, 1.165) is 5.56 Å². The standard InChI is InChI=1S/C16H21NO4S/c1-3-22(19,20)17-8-6-16(7-9-17)11-14(18)13-10-12(2)4-5-15(13)21-16/h4-5,10H,3,6-9,11H2,1-2H3. The first kappa shape index (κ1) is 15.5. The molecule has 1 fully saturated rings. The van der Waals surface area contributed by atoms with Crippen LogP contribution in [0.3, 0.4) is 0 Å². The van der Waals surface area contributed by atoms with Crippen LogP contribution in [0.25, 0.3) is 0 Å². The maximum absolute atomic E-state index is 12.4. The maximum atomic E-state index is 12.4. The van der Waals surface area contributed by atoms with Crippen molar-refractivity contribution < 1.29 is 17.9 Å². The van der Waals surface area contributed by atoms with E-state index in [9.17, 15) is 13.2 Å². The van der Waals surface area contributed by atoms with Gasteiger partial charge in [-0.1, -0.05) is 11.6 Å². The van der Waals surface area contributed by atoms with Crippen LogP contribution in [0.2, 0.25) is 0 Å². The van der Waals surface area contributed by atoms with Crippen molar-refractivity contribution >= 4 is 15.8 Å². The Morgan fingerprint density at radius 1 is 1.27 bits per heavy atom. The number of ether oxygens (including phenoxy) is 1. The lowest BCUT2D eigenvalue weighted by Crippen LogP contribution is -2.52. The van der Waals surface area contributed by atoms with Crippen molar-refractivity contribution in [1.29, 1.82) is 0 Å². The minimum Gasteiger partial charge on any atom is -0.486 e. The van der Waals surface area contributed by atoms with Crippen LogP contribution in [0.1, 0.15) is 42.1 Å². The summed E-state index contributed by atoms with van der Waals surface area (Å²) in [6.07, 6.45) is 1.46. The lowest BCUT2D eigenvalue weighted by Gasteiger charge is -2.43. The number of rotatable bonds is 2. The summed E-state index contributed by atoms with van der Waals surface area (Å²) in [5, 5.41) is 0. The number of piperidine rings is 1. The van der Waals surface area contributed by atoms with Gasteiger partial charge in [0.25, 0.3) is 0 Å². The molecule has 0 unspecified atom stereocenters. The second-order valence-electron chi connectivity index (χ2n) is 6.18. The average molecular weight is 323 g/mol. The van der Waals surface area contributed by atoms with Gasteiger partial charge in [0.1, 0.15) is 11.4 Å². The second kappa shape index (κ2) is 5.35. The van der Waals surface area contributed by atoms with E-state index < -0.39 is 15.6 Å². The molecule has 0 atom stereocenters. The molecule has 2 aliphatic heterocycles. The summed E-state index contributed by atoms with van der Waals surface area (Å²) in [6.45, 7) is 4.44. The topological polar surface area (TPSA) is 63.7 Å². The van der Waals surface area contributed by atoms with Crippen molar-refractivity contribution in [2.24, 2.45) is 0 Å². The lowest BCUT2D eigenvalue weighted by molar-refractivity contribution is 0.00591.